The van der Waals surface area contributed by atoms with Crippen molar-refractivity contribution < 1.29 is 4.79 Å². The number of hydrogen-bond donors (Lipinski definition) is 1. The molecule has 0 radical (unpaired) electrons. The summed E-state index contributed by atoms with van der Waals surface area (Å²) in [6, 6.07) is 0. The highest BCUT2D eigenvalue weighted by Gasteiger charge is 2.40. The molecule has 2 rings (SSSR count). The molecule has 2 aliphatic carbocycles. The first kappa shape index (κ1) is 11.1. The summed E-state index contributed by atoms with van der Waals surface area (Å²) in [7, 11) is 0. The van der Waals surface area contributed by atoms with Crippen LogP contribution in [0.1, 0.15) is 64.2 Å². The van der Waals surface area contributed by atoms with Gasteiger partial charge in [-0.3, -0.25) is 4.79 Å². The highest BCUT2D eigenvalue weighted by atomic mass is 16.1. The largest absolute Gasteiger partial charge is 0.319 e. The molecule has 2 heteroatoms. The van der Waals surface area contributed by atoms with E-state index >= 15 is 0 Å². The summed E-state index contributed by atoms with van der Waals surface area (Å²) in [5, 5.41) is 0. The average Bonchev–Trinajstić information content (AvgIpc) is 2.54. The Balaban J connectivity index is 1.98. The van der Waals surface area contributed by atoms with Crippen molar-refractivity contribution in [3.05, 3.63) is 0 Å². The fraction of sp³-hybridized carbons (Fsp3) is 0.923. The standard InChI is InChI=1S/C13H23NO/c14-13(9-5-6-10-13)12(15)11-7-3-1-2-4-8-11/h11H,1-10,14H2. The van der Waals surface area contributed by atoms with E-state index in [9.17, 15) is 4.79 Å². The zero-order valence-electron chi connectivity index (χ0n) is 9.63. The Hall–Kier alpha value is -0.370. The third-order valence-electron chi connectivity index (χ3n) is 4.21. The first-order valence-corrected chi connectivity index (χ1v) is 6.56. The van der Waals surface area contributed by atoms with E-state index in [-0.39, 0.29) is 5.92 Å². The molecule has 2 aliphatic rings. The quantitative estimate of drug-likeness (QED) is 0.711. The van der Waals surface area contributed by atoms with Crippen molar-refractivity contribution in [1.82, 2.24) is 0 Å². The van der Waals surface area contributed by atoms with Crippen LogP contribution in [0.3, 0.4) is 0 Å². The van der Waals surface area contributed by atoms with Crippen LogP contribution in [0.15, 0.2) is 0 Å². The smallest absolute Gasteiger partial charge is 0.155 e. The van der Waals surface area contributed by atoms with Gasteiger partial charge < -0.3 is 5.73 Å². The van der Waals surface area contributed by atoms with Crippen LogP contribution in [-0.2, 0) is 4.79 Å². The Morgan fingerprint density at radius 1 is 0.933 bits per heavy atom. The normalized spacial score (nSPS) is 27.5. The fourth-order valence-corrected chi connectivity index (χ4v) is 3.20. The second kappa shape index (κ2) is 4.65. The molecule has 86 valence electrons. The summed E-state index contributed by atoms with van der Waals surface area (Å²) in [6.07, 6.45) is 11.4. The van der Waals surface area contributed by atoms with Gasteiger partial charge in [0.1, 0.15) is 0 Å². The Labute approximate surface area is 92.6 Å². The van der Waals surface area contributed by atoms with E-state index in [1.165, 1.54) is 25.7 Å². The molecular formula is C13H23NO. The van der Waals surface area contributed by atoms with Crippen molar-refractivity contribution in [2.24, 2.45) is 11.7 Å². The third-order valence-corrected chi connectivity index (χ3v) is 4.21. The van der Waals surface area contributed by atoms with Gasteiger partial charge in [0.25, 0.3) is 0 Å². The molecule has 2 nitrogen and oxygen atoms in total. The highest BCUT2D eigenvalue weighted by molar-refractivity contribution is 5.90. The lowest BCUT2D eigenvalue weighted by Gasteiger charge is -2.27. The minimum Gasteiger partial charge on any atom is -0.319 e. The number of rotatable bonds is 2. The lowest BCUT2D eigenvalue weighted by molar-refractivity contribution is -0.128. The highest BCUT2D eigenvalue weighted by Crippen LogP contribution is 2.34. The molecule has 0 aliphatic heterocycles. The SMILES string of the molecule is NC1(C(=O)C2CCCCCC2)CCCC1. The van der Waals surface area contributed by atoms with Gasteiger partial charge in [-0.05, 0) is 25.7 Å². The van der Waals surface area contributed by atoms with Crippen LogP contribution >= 0.6 is 0 Å². The van der Waals surface area contributed by atoms with Crippen LogP contribution in [0.2, 0.25) is 0 Å². The average molecular weight is 209 g/mol. The molecule has 0 bridgehead atoms. The Bertz CT molecular complexity index is 223. The van der Waals surface area contributed by atoms with Crippen LogP contribution in [0, 0.1) is 5.92 Å². The molecule has 15 heavy (non-hydrogen) atoms. The van der Waals surface area contributed by atoms with Gasteiger partial charge in [0.05, 0.1) is 5.54 Å². The minimum absolute atomic E-state index is 0.288. The van der Waals surface area contributed by atoms with Crippen molar-refractivity contribution in [1.29, 1.82) is 0 Å². The van der Waals surface area contributed by atoms with E-state index in [0.29, 0.717) is 5.78 Å². The van der Waals surface area contributed by atoms with Crippen LogP contribution in [-0.4, -0.2) is 11.3 Å². The first-order valence-electron chi connectivity index (χ1n) is 6.56. The van der Waals surface area contributed by atoms with Gasteiger partial charge in [-0.1, -0.05) is 38.5 Å². The number of carbonyl (C=O) groups is 1. The summed E-state index contributed by atoms with van der Waals surface area (Å²) in [5.74, 6) is 0.678. The van der Waals surface area contributed by atoms with Gasteiger partial charge in [-0.15, -0.1) is 0 Å². The van der Waals surface area contributed by atoms with Crippen molar-refractivity contribution in [2.75, 3.05) is 0 Å². The zero-order chi connectivity index (χ0) is 10.7. The van der Waals surface area contributed by atoms with Gasteiger partial charge >= 0.3 is 0 Å². The molecule has 0 unspecified atom stereocenters. The molecule has 0 aromatic rings. The fourth-order valence-electron chi connectivity index (χ4n) is 3.20. The van der Waals surface area contributed by atoms with Gasteiger partial charge in [-0.2, -0.15) is 0 Å². The van der Waals surface area contributed by atoms with Crippen LogP contribution < -0.4 is 5.73 Å². The van der Waals surface area contributed by atoms with Crippen molar-refractivity contribution >= 4 is 5.78 Å². The maximum absolute atomic E-state index is 12.3. The Morgan fingerprint density at radius 3 is 2.00 bits per heavy atom. The van der Waals surface area contributed by atoms with Crippen LogP contribution in [0.25, 0.3) is 0 Å². The Morgan fingerprint density at radius 2 is 1.47 bits per heavy atom. The molecule has 0 spiro atoms. The number of carbonyl (C=O) groups excluding carboxylic acids is 1. The van der Waals surface area contributed by atoms with Gasteiger partial charge in [0.2, 0.25) is 0 Å². The predicted octanol–water partition coefficient (Wildman–Crippen LogP) is 2.80. The topological polar surface area (TPSA) is 43.1 Å². The number of ketones is 1. The second-order valence-electron chi connectivity index (χ2n) is 5.42. The zero-order valence-corrected chi connectivity index (χ0v) is 9.63. The maximum Gasteiger partial charge on any atom is 0.155 e. The first-order chi connectivity index (χ1) is 7.22. The van der Waals surface area contributed by atoms with Crippen molar-refractivity contribution in [3.63, 3.8) is 0 Å². The number of nitrogens with two attached hydrogens (primary N) is 1. The summed E-state index contributed by atoms with van der Waals surface area (Å²) in [6.45, 7) is 0. The molecule has 0 saturated heterocycles. The van der Waals surface area contributed by atoms with Crippen LogP contribution in [0.5, 0.6) is 0 Å². The van der Waals surface area contributed by atoms with E-state index in [2.05, 4.69) is 0 Å². The third kappa shape index (κ3) is 2.41. The summed E-state index contributed by atoms with van der Waals surface area (Å²) >= 11 is 0. The Kier molecular flexibility index (Phi) is 3.45. The molecule has 2 fully saturated rings. The molecule has 0 amide bonds. The predicted molar refractivity (Wildman–Crippen MR) is 61.6 cm³/mol. The monoisotopic (exact) mass is 209 g/mol. The van der Waals surface area contributed by atoms with E-state index < -0.39 is 5.54 Å². The molecule has 2 N–H and O–H groups in total. The minimum atomic E-state index is -0.436. The molecular weight excluding hydrogens is 186 g/mol. The number of hydrogen-bond acceptors (Lipinski definition) is 2. The molecule has 0 aromatic carbocycles. The van der Waals surface area contributed by atoms with Crippen molar-refractivity contribution in [3.8, 4) is 0 Å². The van der Waals surface area contributed by atoms with Crippen LogP contribution in [0.4, 0.5) is 0 Å². The van der Waals surface area contributed by atoms with Gasteiger partial charge in [0.15, 0.2) is 5.78 Å². The maximum atomic E-state index is 12.3. The van der Waals surface area contributed by atoms with Gasteiger partial charge in [-0.25, -0.2) is 0 Å². The van der Waals surface area contributed by atoms with Crippen molar-refractivity contribution in [2.45, 2.75) is 69.7 Å². The van der Waals surface area contributed by atoms with E-state index in [4.69, 9.17) is 5.73 Å². The van der Waals surface area contributed by atoms with E-state index in [0.717, 1.165) is 38.5 Å². The molecule has 0 aromatic heterocycles. The second-order valence-corrected chi connectivity index (χ2v) is 5.42. The molecule has 2 saturated carbocycles. The summed E-state index contributed by atoms with van der Waals surface area (Å²) in [5.41, 5.74) is 5.80. The number of Topliss-reactive ketones (excluding diaryl/α,β-unsaturated/α-hetero) is 1. The lowest BCUT2D eigenvalue weighted by Crippen LogP contribution is -2.48. The molecule has 0 heterocycles. The summed E-state index contributed by atoms with van der Waals surface area (Å²) in [4.78, 5) is 12.3. The lowest BCUT2D eigenvalue weighted by atomic mass is 9.81. The van der Waals surface area contributed by atoms with E-state index in [1.807, 2.05) is 0 Å². The molecule has 0 atom stereocenters. The van der Waals surface area contributed by atoms with E-state index in [1.54, 1.807) is 0 Å². The summed E-state index contributed by atoms with van der Waals surface area (Å²) < 4.78 is 0. The van der Waals surface area contributed by atoms with Gasteiger partial charge in [0, 0.05) is 5.92 Å².